The fourth-order valence-corrected chi connectivity index (χ4v) is 6.48. The number of halogens is 3. The summed E-state index contributed by atoms with van der Waals surface area (Å²) in [5, 5.41) is 7.50. The number of piperidine rings is 1. The molecule has 1 fully saturated rings. The van der Waals surface area contributed by atoms with Crippen molar-refractivity contribution in [1.82, 2.24) is 20.3 Å². The molecule has 0 unspecified atom stereocenters. The lowest BCUT2D eigenvalue weighted by molar-refractivity contribution is 0.0189. The molecule has 3 heterocycles. The average Bonchev–Trinajstić information content (AvgIpc) is 2.95. The number of ether oxygens (including phenoxy) is 1. The smallest absolute Gasteiger partial charge is 0.246 e. The molecule has 1 atom stereocenters. The highest BCUT2D eigenvalue weighted by Crippen LogP contribution is 2.38. The second-order valence-electron chi connectivity index (χ2n) is 10.7. The normalized spacial score (nSPS) is 16.0. The molecule has 0 saturated carbocycles. The molecule has 12 heteroatoms. The molecule has 5 rings (SSSR count). The Kier molecular flexibility index (Phi) is 8.65. The van der Waals surface area contributed by atoms with Crippen molar-refractivity contribution in [2.45, 2.75) is 50.8 Å². The highest BCUT2D eigenvalue weighted by molar-refractivity contribution is 7.90. The first-order valence-electron chi connectivity index (χ1n) is 13.7. The molecular formula is C30H32F3N5O3S. The number of benzene rings is 2. The fraction of sp³-hybridized carbons (Fsp3) is 0.367. The maximum atomic E-state index is 15.0. The molecule has 222 valence electrons. The first-order chi connectivity index (χ1) is 20.0. The summed E-state index contributed by atoms with van der Waals surface area (Å²) < 4.78 is 73.4. The lowest BCUT2D eigenvalue weighted by atomic mass is 10.0. The Morgan fingerprint density at radius 3 is 2.67 bits per heavy atom. The third-order valence-corrected chi connectivity index (χ3v) is 8.71. The molecule has 0 bridgehead atoms. The summed E-state index contributed by atoms with van der Waals surface area (Å²) in [5.41, 5.74) is 1.80. The number of alkyl halides is 2. The molecular weight excluding hydrogens is 567 g/mol. The van der Waals surface area contributed by atoms with Crippen molar-refractivity contribution in [1.29, 1.82) is 0 Å². The SMILES string of the molecule is Cc1ccc2c(CS(=O)(=O)CCC(C)(F)F)c(F)ccc2c1Oc1ncccc1-c1ccnc(N[C@H]2CCCNC2)n1. The summed E-state index contributed by atoms with van der Waals surface area (Å²) in [6.45, 7) is 4.28. The van der Waals surface area contributed by atoms with Crippen LogP contribution in [0.5, 0.6) is 11.6 Å². The Morgan fingerprint density at radius 2 is 1.90 bits per heavy atom. The van der Waals surface area contributed by atoms with E-state index in [-0.39, 0.29) is 17.5 Å². The Labute approximate surface area is 242 Å². The predicted molar refractivity (Wildman–Crippen MR) is 156 cm³/mol. The van der Waals surface area contributed by atoms with Gasteiger partial charge in [0.2, 0.25) is 17.8 Å². The second-order valence-corrected chi connectivity index (χ2v) is 12.8. The lowest BCUT2D eigenvalue weighted by Crippen LogP contribution is -2.38. The van der Waals surface area contributed by atoms with Gasteiger partial charge in [-0.25, -0.2) is 36.5 Å². The average molecular weight is 600 g/mol. The summed E-state index contributed by atoms with van der Waals surface area (Å²) in [7, 11) is -4.02. The number of aromatic nitrogens is 3. The third-order valence-electron chi connectivity index (χ3n) is 7.15. The largest absolute Gasteiger partial charge is 0.437 e. The van der Waals surface area contributed by atoms with Gasteiger partial charge in [-0.1, -0.05) is 12.1 Å². The zero-order valence-corrected chi connectivity index (χ0v) is 24.1. The van der Waals surface area contributed by atoms with E-state index < -0.39 is 39.5 Å². The maximum absolute atomic E-state index is 15.0. The van der Waals surface area contributed by atoms with Crippen LogP contribution in [0.4, 0.5) is 19.1 Å². The topological polar surface area (TPSA) is 106 Å². The van der Waals surface area contributed by atoms with Crippen LogP contribution in [-0.2, 0) is 15.6 Å². The van der Waals surface area contributed by atoms with Crippen LogP contribution in [0.3, 0.4) is 0 Å². The van der Waals surface area contributed by atoms with Crippen molar-refractivity contribution in [3.63, 3.8) is 0 Å². The molecule has 4 aromatic rings. The van der Waals surface area contributed by atoms with Gasteiger partial charge in [-0.15, -0.1) is 0 Å². The van der Waals surface area contributed by atoms with Crippen LogP contribution in [0.1, 0.15) is 37.3 Å². The van der Waals surface area contributed by atoms with Gasteiger partial charge in [0.1, 0.15) is 11.6 Å². The quantitative estimate of drug-likeness (QED) is 0.227. The number of pyridine rings is 1. The molecule has 1 saturated heterocycles. The Morgan fingerprint density at radius 1 is 1.10 bits per heavy atom. The standard InChI is InChI=1S/C30H32F3N5O3S/c1-19-7-8-21-22(9-10-25(31)24(21)18-42(39,40)16-12-30(2,32)33)27(19)41-28-23(6-4-14-35-28)26-11-15-36-29(38-26)37-20-5-3-13-34-17-20/h4,6-11,14-15,20,34H,3,5,12-13,16-18H2,1-2H3,(H,36,37,38)/t20-/m0/s1. The van der Waals surface area contributed by atoms with E-state index >= 15 is 0 Å². The zero-order valence-electron chi connectivity index (χ0n) is 23.3. The van der Waals surface area contributed by atoms with Crippen LogP contribution in [0.2, 0.25) is 0 Å². The van der Waals surface area contributed by atoms with Gasteiger partial charge in [-0.05, 0) is 74.5 Å². The minimum Gasteiger partial charge on any atom is -0.437 e. The van der Waals surface area contributed by atoms with Gasteiger partial charge in [0.15, 0.2) is 9.84 Å². The monoisotopic (exact) mass is 599 g/mol. The summed E-state index contributed by atoms with van der Waals surface area (Å²) in [5.74, 6) is -4.25. The number of fused-ring (bicyclic) bond motifs is 1. The van der Waals surface area contributed by atoms with Crippen molar-refractivity contribution in [3.8, 4) is 22.9 Å². The highest BCUT2D eigenvalue weighted by Gasteiger charge is 2.27. The maximum Gasteiger partial charge on any atom is 0.246 e. The molecule has 1 aliphatic rings. The summed E-state index contributed by atoms with van der Waals surface area (Å²) >= 11 is 0. The molecule has 0 spiro atoms. The van der Waals surface area contributed by atoms with Crippen LogP contribution in [0.15, 0.2) is 54.9 Å². The van der Waals surface area contributed by atoms with Crippen LogP contribution in [0.25, 0.3) is 22.0 Å². The van der Waals surface area contributed by atoms with Gasteiger partial charge in [-0.2, -0.15) is 0 Å². The van der Waals surface area contributed by atoms with Gasteiger partial charge >= 0.3 is 0 Å². The summed E-state index contributed by atoms with van der Waals surface area (Å²) in [6.07, 6.45) is 4.47. The Balaban J connectivity index is 1.48. The molecule has 0 amide bonds. The number of sulfone groups is 1. The Bertz CT molecular complexity index is 1690. The third kappa shape index (κ3) is 7.16. The first kappa shape index (κ1) is 29.7. The van der Waals surface area contributed by atoms with Crippen molar-refractivity contribution >= 4 is 26.6 Å². The second kappa shape index (κ2) is 12.2. The van der Waals surface area contributed by atoms with E-state index in [1.165, 1.54) is 6.07 Å². The van der Waals surface area contributed by atoms with E-state index in [1.54, 1.807) is 36.7 Å². The number of rotatable bonds is 10. The highest BCUT2D eigenvalue weighted by atomic mass is 32.2. The number of hydrogen-bond donors (Lipinski definition) is 2. The van der Waals surface area contributed by atoms with E-state index in [0.29, 0.717) is 46.2 Å². The van der Waals surface area contributed by atoms with Gasteiger partial charge in [0.25, 0.3) is 0 Å². The number of aryl methyl sites for hydroxylation is 1. The molecule has 2 aromatic carbocycles. The number of hydrogen-bond acceptors (Lipinski definition) is 8. The fourth-order valence-electron chi connectivity index (χ4n) is 4.93. The molecule has 0 radical (unpaired) electrons. The molecule has 0 aliphatic carbocycles. The zero-order chi connectivity index (χ0) is 29.9. The van der Waals surface area contributed by atoms with Crippen LogP contribution >= 0.6 is 0 Å². The molecule has 8 nitrogen and oxygen atoms in total. The van der Waals surface area contributed by atoms with Crippen LogP contribution in [0, 0.1) is 12.7 Å². The minimum atomic E-state index is -4.02. The molecule has 1 aliphatic heterocycles. The Hall–Kier alpha value is -3.77. The van der Waals surface area contributed by atoms with Crippen LogP contribution in [-0.4, -0.2) is 54.2 Å². The van der Waals surface area contributed by atoms with E-state index in [4.69, 9.17) is 4.74 Å². The van der Waals surface area contributed by atoms with Crippen LogP contribution < -0.4 is 15.4 Å². The van der Waals surface area contributed by atoms with E-state index in [2.05, 4.69) is 25.6 Å². The van der Waals surface area contributed by atoms with E-state index in [1.807, 2.05) is 13.0 Å². The lowest BCUT2D eigenvalue weighted by Gasteiger charge is -2.23. The van der Waals surface area contributed by atoms with Crippen molar-refractivity contribution in [2.75, 3.05) is 24.2 Å². The summed E-state index contributed by atoms with van der Waals surface area (Å²) in [6, 6.07) is 11.5. The molecule has 2 N–H and O–H groups in total. The van der Waals surface area contributed by atoms with E-state index in [0.717, 1.165) is 32.0 Å². The number of nitrogens with zero attached hydrogens (tertiary/aromatic N) is 3. The van der Waals surface area contributed by atoms with Gasteiger partial charge in [0.05, 0.1) is 22.8 Å². The first-order valence-corrected chi connectivity index (χ1v) is 15.5. The van der Waals surface area contributed by atoms with Crippen molar-refractivity contribution < 1.29 is 26.3 Å². The molecule has 2 aromatic heterocycles. The van der Waals surface area contributed by atoms with Crippen molar-refractivity contribution in [3.05, 3.63) is 71.8 Å². The number of nitrogens with one attached hydrogen (secondary N) is 2. The summed E-state index contributed by atoms with van der Waals surface area (Å²) in [4.78, 5) is 13.5. The van der Waals surface area contributed by atoms with Gasteiger partial charge in [-0.3, -0.25) is 0 Å². The predicted octanol–water partition coefficient (Wildman–Crippen LogP) is 6.06. The van der Waals surface area contributed by atoms with Crippen molar-refractivity contribution in [2.24, 2.45) is 0 Å². The number of anilines is 1. The van der Waals surface area contributed by atoms with Gasteiger partial charge in [0, 0.05) is 42.4 Å². The van der Waals surface area contributed by atoms with E-state index in [9.17, 15) is 21.6 Å². The molecule has 42 heavy (non-hydrogen) atoms. The van der Waals surface area contributed by atoms with Gasteiger partial charge < -0.3 is 15.4 Å². The minimum absolute atomic E-state index is 0.0956.